The number of fused-ring (bicyclic) bond motifs is 1. The van der Waals surface area contributed by atoms with E-state index in [1.165, 1.54) is 12.4 Å². The number of benzene rings is 3. The summed E-state index contributed by atoms with van der Waals surface area (Å²) in [4.78, 5) is 6.28. The maximum atomic E-state index is 13.3. The summed E-state index contributed by atoms with van der Waals surface area (Å²) in [5, 5.41) is 0.779. The van der Waals surface area contributed by atoms with Crippen LogP contribution in [0.2, 0.25) is 10.0 Å². The van der Waals surface area contributed by atoms with Gasteiger partial charge in [0.05, 0.1) is 28.1 Å². The number of H-pyrrole nitrogens is 1. The average Bonchev–Trinajstić information content (AvgIpc) is 3.22. The van der Waals surface area contributed by atoms with Gasteiger partial charge < -0.3 is 4.98 Å². The molecule has 0 unspecified atom stereocenters. The minimum Gasteiger partial charge on any atom is -0.345 e. The molecule has 0 amide bonds. The molecule has 3 aromatic carbocycles. The fourth-order valence-electron chi connectivity index (χ4n) is 3.19. The van der Waals surface area contributed by atoms with Crippen molar-refractivity contribution in [3.8, 4) is 0 Å². The highest BCUT2D eigenvalue weighted by molar-refractivity contribution is 7.93. The molecular weight excluding hydrogens is 507 g/mol. The Bertz CT molecular complexity index is 1600. The maximum Gasteiger partial charge on any atom is 0.264 e. The van der Waals surface area contributed by atoms with Crippen molar-refractivity contribution in [3.63, 3.8) is 0 Å². The van der Waals surface area contributed by atoms with E-state index in [0.717, 1.165) is 6.07 Å². The molecule has 8 nitrogen and oxygen atoms in total. The van der Waals surface area contributed by atoms with E-state index in [1.54, 1.807) is 50.2 Å². The van der Waals surface area contributed by atoms with Gasteiger partial charge in [0.25, 0.3) is 20.0 Å². The van der Waals surface area contributed by atoms with Gasteiger partial charge in [-0.15, -0.1) is 0 Å². The lowest BCUT2D eigenvalue weighted by Gasteiger charge is -2.14. The normalized spacial score (nSPS) is 12.1. The Morgan fingerprint density at radius 2 is 1.36 bits per heavy atom. The number of imidazole rings is 1. The standard InChI is InChI=1S/C21H18Cl2N4O4S2/c1-12-15(22)5-3-7-17(12)26-32(28,29)14-9-19-21(25-11-24-19)20(10-14)33(30,31)27-18-8-4-6-16(23)13(18)2/h3-11,26-27H,1-2H3,(H,24,25). The molecule has 0 aliphatic heterocycles. The summed E-state index contributed by atoms with van der Waals surface area (Å²) >= 11 is 12.2. The lowest BCUT2D eigenvalue weighted by molar-refractivity contribution is 0.600. The molecule has 0 saturated heterocycles. The molecule has 0 aliphatic carbocycles. The lowest BCUT2D eigenvalue weighted by Crippen LogP contribution is -2.17. The fourth-order valence-corrected chi connectivity index (χ4v) is 6.11. The lowest BCUT2D eigenvalue weighted by atomic mass is 10.2. The number of hydrogen-bond acceptors (Lipinski definition) is 5. The van der Waals surface area contributed by atoms with Gasteiger partial charge in [-0.1, -0.05) is 35.3 Å². The number of sulfonamides is 2. The zero-order valence-corrected chi connectivity index (χ0v) is 20.5. The third kappa shape index (κ3) is 4.51. The van der Waals surface area contributed by atoms with E-state index in [2.05, 4.69) is 19.4 Å². The molecule has 4 rings (SSSR count). The van der Waals surface area contributed by atoms with Crippen molar-refractivity contribution in [2.24, 2.45) is 0 Å². The number of halogens is 2. The van der Waals surface area contributed by atoms with Gasteiger partial charge in [-0.25, -0.2) is 21.8 Å². The maximum absolute atomic E-state index is 13.3. The first-order valence-electron chi connectivity index (χ1n) is 9.52. The molecule has 1 heterocycles. The summed E-state index contributed by atoms with van der Waals surface area (Å²) in [6.45, 7) is 3.34. The topological polar surface area (TPSA) is 121 Å². The van der Waals surface area contributed by atoms with Crippen LogP contribution >= 0.6 is 23.2 Å². The number of nitrogens with one attached hydrogen (secondary N) is 3. The Balaban J connectivity index is 1.82. The summed E-state index contributed by atoms with van der Waals surface area (Å²) in [7, 11) is -8.39. The Kier molecular flexibility index (Phi) is 6.04. The van der Waals surface area contributed by atoms with Crippen molar-refractivity contribution in [1.29, 1.82) is 0 Å². The van der Waals surface area contributed by atoms with Gasteiger partial charge in [-0.05, 0) is 61.4 Å². The number of aromatic amines is 1. The van der Waals surface area contributed by atoms with Crippen LogP contribution in [0.1, 0.15) is 11.1 Å². The van der Waals surface area contributed by atoms with E-state index in [4.69, 9.17) is 23.2 Å². The monoisotopic (exact) mass is 524 g/mol. The van der Waals surface area contributed by atoms with Gasteiger partial charge in [0.1, 0.15) is 10.4 Å². The summed E-state index contributed by atoms with van der Waals surface area (Å²) in [5.74, 6) is 0. The van der Waals surface area contributed by atoms with Crippen molar-refractivity contribution in [1.82, 2.24) is 9.97 Å². The number of rotatable bonds is 6. The van der Waals surface area contributed by atoms with Crippen LogP contribution in [0.5, 0.6) is 0 Å². The second-order valence-electron chi connectivity index (χ2n) is 7.26. The number of anilines is 2. The van der Waals surface area contributed by atoms with Gasteiger partial charge in [0, 0.05) is 10.0 Å². The smallest absolute Gasteiger partial charge is 0.264 e. The molecule has 33 heavy (non-hydrogen) atoms. The van der Waals surface area contributed by atoms with Crippen molar-refractivity contribution < 1.29 is 16.8 Å². The molecule has 4 aromatic rings. The van der Waals surface area contributed by atoms with Crippen LogP contribution in [0.25, 0.3) is 11.0 Å². The van der Waals surface area contributed by atoms with Gasteiger partial charge in [-0.2, -0.15) is 0 Å². The van der Waals surface area contributed by atoms with Crippen molar-refractivity contribution >= 4 is 65.7 Å². The van der Waals surface area contributed by atoms with E-state index in [9.17, 15) is 16.8 Å². The first-order chi connectivity index (χ1) is 15.5. The highest BCUT2D eigenvalue weighted by Gasteiger charge is 2.26. The zero-order chi connectivity index (χ0) is 24.0. The van der Waals surface area contributed by atoms with Crippen LogP contribution in [0.15, 0.2) is 64.6 Å². The Labute approximate surface area is 201 Å². The molecule has 3 N–H and O–H groups in total. The predicted octanol–water partition coefficient (Wildman–Crippen LogP) is 5.09. The molecule has 0 bridgehead atoms. The molecular formula is C21H18Cl2N4O4S2. The van der Waals surface area contributed by atoms with Gasteiger partial charge >= 0.3 is 0 Å². The minimum absolute atomic E-state index is 0.0973. The highest BCUT2D eigenvalue weighted by atomic mass is 35.5. The third-order valence-electron chi connectivity index (χ3n) is 5.09. The average molecular weight is 525 g/mol. The van der Waals surface area contributed by atoms with E-state index in [0.29, 0.717) is 21.2 Å². The van der Waals surface area contributed by atoms with Crippen molar-refractivity contribution in [2.75, 3.05) is 9.44 Å². The van der Waals surface area contributed by atoms with Crippen LogP contribution in [0.4, 0.5) is 11.4 Å². The second-order valence-corrected chi connectivity index (χ2v) is 11.4. The minimum atomic E-state index is -4.22. The van der Waals surface area contributed by atoms with Crippen LogP contribution in [0.3, 0.4) is 0 Å². The van der Waals surface area contributed by atoms with Crippen LogP contribution < -0.4 is 9.44 Å². The number of aromatic nitrogens is 2. The molecule has 1 aromatic heterocycles. The Hall–Kier alpha value is -2.79. The largest absolute Gasteiger partial charge is 0.345 e. The quantitative estimate of drug-likeness (QED) is 0.324. The number of hydrogen-bond donors (Lipinski definition) is 3. The van der Waals surface area contributed by atoms with Crippen molar-refractivity contribution in [3.05, 3.63) is 76.0 Å². The predicted molar refractivity (Wildman–Crippen MR) is 130 cm³/mol. The molecule has 172 valence electrons. The molecule has 0 atom stereocenters. The zero-order valence-electron chi connectivity index (χ0n) is 17.3. The fraction of sp³-hybridized carbons (Fsp3) is 0.0952. The molecule has 0 aliphatic rings. The molecule has 0 radical (unpaired) electrons. The van der Waals surface area contributed by atoms with E-state index >= 15 is 0 Å². The number of nitrogens with zero attached hydrogens (tertiary/aromatic N) is 1. The second kappa shape index (κ2) is 8.53. The van der Waals surface area contributed by atoms with Crippen LogP contribution in [-0.2, 0) is 20.0 Å². The summed E-state index contributed by atoms with van der Waals surface area (Å²) in [6, 6.07) is 12.0. The van der Waals surface area contributed by atoms with Crippen LogP contribution in [0, 0.1) is 13.8 Å². The first-order valence-corrected chi connectivity index (χ1v) is 13.2. The Morgan fingerprint density at radius 3 is 1.94 bits per heavy atom. The molecule has 0 saturated carbocycles. The molecule has 0 fully saturated rings. The molecule has 0 spiro atoms. The van der Waals surface area contributed by atoms with E-state index in [1.807, 2.05) is 0 Å². The summed E-state index contributed by atoms with van der Waals surface area (Å²) in [6.07, 6.45) is 1.29. The first kappa shape index (κ1) is 23.4. The molecule has 12 heteroatoms. The van der Waals surface area contributed by atoms with Gasteiger partial charge in [0.2, 0.25) is 0 Å². The van der Waals surface area contributed by atoms with Gasteiger partial charge in [0.15, 0.2) is 0 Å². The van der Waals surface area contributed by atoms with E-state index in [-0.39, 0.29) is 32.2 Å². The van der Waals surface area contributed by atoms with E-state index < -0.39 is 20.0 Å². The summed E-state index contributed by atoms with van der Waals surface area (Å²) < 4.78 is 57.8. The summed E-state index contributed by atoms with van der Waals surface area (Å²) in [5.41, 5.74) is 1.96. The third-order valence-corrected chi connectivity index (χ3v) is 8.63. The van der Waals surface area contributed by atoms with Crippen molar-refractivity contribution in [2.45, 2.75) is 23.6 Å². The SMILES string of the molecule is Cc1c(Cl)cccc1NS(=O)(=O)c1cc(S(=O)(=O)Nc2cccc(Cl)c2C)c2nc[nH]c2c1. The Morgan fingerprint density at radius 1 is 0.818 bits per heavy atom. The van der Waals surface area contributed by atoms with Gasteiger partial charge in [-0.3, -0.25) is 9.44 Å². The highest BCUT2D eigenvalue weighted by Crippen LogP contribution is 2.31. The van der Waals surface area contributed by atoms with Crippen LogP contribution in [-0.4, -0.2) is 26.8 Å².